The Labute approximate surface area is 158 Å². The number of hydrogen-bond acceptors (Lipinski definition) is 5. The number of carbonyl (C=O) groups is 1. The minimum atomic E-state index is -3.74. The lowest BCUT2D eigenvalue weighted by molar-refractivity contribution is 0.0505. The lowest BCUT2D eigenvalue weighted by Crippen LogP contribution is -2.13. The summed E-state index contributed by atoms with van der Waals surface area (Å²) in [6, 6.07) is 11.4. The number of ether oxygens (including phenoxy) is 1. The van der Waals surface area contributed by atoms with Gasteiger partial charge in [0.25, 0.3) is 10.0 Å². The summed E-state index contributed by atoms with van der Waals surface area (Å²) in [6.45, 7) is 5.78. The summed E-state index contributed by atoms with van der Waals surface area (Å²) in [5.74, 6) is -0.0451. The van der Waals surface area contributed by atoms with Crippen LogP contribution in [0.1, 0.15) is 35.0 Å². The number of nitrogens with one attached hydrogen (secondary N) is 1. The summed E-state index contributed by atoms with van der Waals surface area (Å²) in [7, 11) is -3.74. The number of aryl methyl sites for hydroxylation is 2. The molecule has 0 atom stereocenters. The van der Waals surface area contributed by atoms with E-state index in [9.17, 15) is 13.2 Å². The Hall–Kier alpha value is -2.80. The first kappa shape index (κ1) is 19.0. The van der Waals surface area contributed by atoms with Crippen LogP contribution in [0.25, 0.3) is 11.0 Å². The molecule has 0 radical (unpaired) electrons. The quantitative estimate of drug-likeness (QED) is 0.633. The average Bonchev–Trinajstić information content (AvgIpc) is 2.95. The Bertz CT molecular complexity index is 1080. The summed E-state index contributed by atoms with van der Waals surface area (Å²) in [5, 5.41) is 0.512. The molecule has 0 saturated heterocycles. The minimum absolute atomic E-state index is 0.166. The van der Waals surface area contributed by atoms with Crippen LogP contribution in [-0.2, 0) is 14.8 Å². The zero-order chi connectivity index (χ0) is 19.6. The van der Waals surface area contributed by atoms with E-state index >= 15 is 0 Å². The van der Waals surface area contributed by atoms with Crippen molar-refractivity contribution >= 4 is 32.6 Å². The molecule has 0 amide bonds. The SMILES string of the molecule is CCCOC(=O)c1c(C)oc2ccc(NS(=O)(=O)c3ccc(C)cc3)cc12. The Morgan fingerprint density at radius 3 is 2.48 bits per heavy atom. The molecule has 0 fully saturated rings. The summed E-state index contributed by atoms with van der Waals surface area (Å²) >= 11 is 0. The van der Waals surface area contributed by atoms with Crippen LogP contribution >= 0.6 is 0 Å². The van der Waals surface area contributed by atoms with E-state index in [0.29, 0.717) is 41.0 Å². The third-order valence-electron chi connectivity index (χ3n) is 4.09. The van der Waals surface area contributed by atoms with Crippen LogP contribution in [0.2, 0.25) is 0 Å². The normalized spacial score (nSPS) is 11.5. The topological polar surface area (TPSA) is 85.6 Å². The zero-order valence-electron chi connectivity index (χ0n) is 15.4. The van der Waals surface area contributed by atoms with Gasteiger partial charge in [-0.15, -0.1) is 0 Å². The third-order valence-corrected chi connectivity index (χ3v) is 5.49. The highest BCUT2D eigenvalue weighted by atomic mass is 32.2. The molecule has 0 saturated carbocycles. The Kier molecular flexibility index (Phi) is 5.23. The molecule has 6 nitrogen and oxygen atoms in total. The number of fused-ring (bicyclic) bond motifs is 1. The number of rotatable bonds is 6. The Balaban J connectivity index is 1.96. The van der Waals surface area contributed by atoms with Crippen LogP contribution in [0.15, 0.2) is 51.8 Å². The van der Waals surface area contributed by atoms with E-state index in [1.807, 2.05) is 13.8 Å². The molecule has 7 heteroatoms. The monoisotopic (exact) mass is 387 g/mol. The fourth-order valence-electron chi connectivity index (χ4n) is 2.74. The van der Waals surface area contributed by atoms with Crippen molar-refractivity contribution in [2.45, 2.75) is 32.1 Å². The van der Waals surface area contributed by atoms with Gasteiger partial charge in [0.1, 0.15) is 16.9 Å². The van der Waals surface area contributed by atoms with E-state index in [4.69, 9.17) is 9.15 Å². The van der Waals surface area contributed by atoms with E-state index in [0.717, 1.165) is 5.56 Å². The molecule has 0 unspecified atom stereocenters. The van der Waals surface area contributed by atoms with Gasteiger partial charge in [-0.2, -0.15) is 0 Å². The van der Waals surface area contributed by atoms with Crippen molar-refractivity contribution in [3.8, 4) is 0 Å². The van der Waals surface area contributed by atoms with Gasteiger partial charge in [0.15, 0.2) is 0 Å². The molecule has 1 N–H and O–H groups in total. The van der Waals surface area contributed by atoms with E-state index in [2.05, 4.69) is 4.72 Å². The second kappa shape index (κ2) is 7.44. The smallest absolute Gasteiger partial charge is 0.342 e. The molecule has 3 rings (SSSR count). The predicted molar refractivity (Wildman–Crippen MR) is 104 cm³/mol. The van der Waals surface area contributed by atoms with Gasteiger partial charge in [-0.25, -0.2) is 13.2 Å². The molecule has 1 aromatic heterocycles. The van der Waals surface area contributed by atoms with E-state index < -0.39 is 16.0 Å². The Morgan fingerprint density at radius 1 is 1.11 bits per heavy atom. The van der Waals surface area contributed by atoms with Crippen LogP contribution in [0.5, 0.6) is 0 Å². The van der Waals surface area contributed by atoms with E-state index in [-0.39, 0.29) is 4.90 Å². The minimum Gasteiger partial charge on any atom is -0.462 e. The molecular weight excluding hydrogens is 366 g/mol. The molecular formula is C20H21NO5S. The van der Waals surface area contributed by atoms with Crippen molar-refractivity contribution in [2.75, 3.05) is 11.3 Å². The first-order chi connectivity index (χ1) is 12.8. The Morgan fingerprint density at radius 2 is 1.81 bits per heavy atom. The maximum absolute atomic E-state index is 12.6. The lowest BCUT2D eigenvalue weighted by Gasteiger charge is -2.09. The van der Waals surface area contributed by atoms with Crippen LogP contribution in [0, 0.1) is 13.8 Å². The predicted octanol–water partition coefficient (Wildman–Crippen LogP) is 4.42. The number of esters is 1. The number of benzene rings is 2. The van der Waals surface area contributed by atoms with Crippen LogP contribution in [0.4, 0.5) is 5.69 Å². The highest BCUT2D eigenvalue weighted by molar-refractivity contribution is 7.92. The number of hydrogen-bond donors (Lipinski definition) is 1. The van der Waals surface area contributed by atoms with E-state index in [1.54, 1.807) is 49.4 Å². The van der Waals surface area contributed by atoms with Crippen molar-refractivity contribution in [2.24, 2.45) is 0 Å². The van der Waals surface area contributed by atoms with Crippen molar-refractivity contribution in [1.29, 1.82) is 0 Å². The van der Waals surface area contributed by atoms with Crippen LogP contribution in [0.3, 0.4) is 0 Å². The van der Waals surface area contributed by atoms with Gasteiger partial charge in [-0.05, 0) is 50.6 Å². The average molecular weight is 387 g/mol. The standard InChI is InChI=1S/C20H21NO5S/c1-4-11-25-20(22)19-14(3)26-18-10-7-15(12-17(18)19)21-27(23,24)16-8-5-13(2)6-9-16/h5-10,12,21H,4,11H2,1-3H3. The summed E-state index contributed by atoms with van der Waals surface area (Å²) in [5.41, 5.74) is 2.12. The summed E-state index contributed by atoms with van der Waals surface area (Å²) < 4.78 is 38.5. The van der Waals surface area contributed by atoms with Crippen molar-refractivity contribution in [3.05, 3.63) is 59.4 Å². The second-order valence-corrected chi connectivity index (χ2v) is 7.98. The molecule has 0 aliphatic carbocycles. The van der Waals surface area contributed by atoms with Crippen LogP contribution < -0.4 is 4.72 Å². The van der Waals surface area contributed by atoms with Gasteiger partial charge in [0, 0.05) is 11.1 Å². The molecule has 2 aromatic carbocycles. The molecule has 142 valence electrons. The number of anilines is 1. The maximum atomic E-state index is 12.6. The molecule has 27 heavy (non-hydrogen) atoms. The van der Waals surface area contributed by atoms with E-state index in [1.165, 1.54) is 0 Å². The van der Waals surface area contributed by atoms with Crippen molar-refractivity contribution < 1.29 is 22.4 Å². The second-order valence-electron chi connectivity index (χ2n) is 6.30. The summed E-state index contributed by atoms with van der Waals surface area (Å²) in [6.07, 6.45) is 0.710. The first-order valence-corrected chi connectivity index (χ1v) is 10.1. The van der Waals surface area contributed by atoms with Gasteiger partial charge in [0.2, 0.25) is 0 Å². The maximum Gasteiger partial charge on any atom is 0.342 e. The number of carbonyl (C=O) groups excluding carboxylic acids is 1. The highest BCUT2D eigenvalue weighted by Gasteiger charge is 2.21. The van der Waals surface area contributed by atoms with Crippen molar-refractivity contribution in [3.63, 3.8) is 0 Å². The molecule has 0 aliphatic rings. The first-order valence-electron chi connectivity index (χ1n) is 8.61. The molecule has 0 aliphatic heterocycles. The zero-order valence-corrected chi connectivity index (χ0v) is 16.2. The molecule has 0 bridgehead atoms. The lowest BCUT2D eigenvalue weighted by atomic mass is 10.1. The van der Waals surface area contributed by atoms with Crippen LogP contribution in [-0.4, -0.2) is 21.0 Å². The molecule has 1 heterocycles. The number of sulfonamides is 1. The van der Waals surface area contributed by atoms with Gasteiger partial charge in [0.05, 0.1) is 11.5 Å². The summed E-state index contributed by atoms with van der Waals surface area (Å²) in [4.78, 5) is 12.5. The fourth-order valence-corrected chi connectivity index (χ4v) is 3.79. The van der Waals surface area contributed by atoms with Gasteiger partial charge in [-0.3, -0.25) is 4.72 Å². The third kappa shape index (κ3) is 3.98. The highest BCUT2D eigenvalue weighted by Crippen LogP contribution is 2.29. The van der Waals surface area contributed by atoms with Gasteiger partial charge in [-0.1, -0.05) is 24.6 Å². The van der Waals surface area contributed by atoms with Gasteiger partial charge < -0.3 is 9.15 Å². The van der Waals surface area contributed by atoms with Crippen molar-refractivity contribution in [1.82, 2.24) is 0 Å². The molecule has 3 aromatic rings. The number of furan rings is 1. The largest absolute Gasteiger partial charge is 0.462 e. The van der Waals surface area contributed by atoms with Gasteiger partial charge >= 0.3 is 5.97 Å². The molecule has 0 spiro atoms. The fraction of sp³-hybridized carbons (Fsp3) is 0.250.